The second kappa shape index (κ2) is 4.24. The standard InChI is InChI=1S/C13H13BrN4/c1-3-18-8-9(7-15-18)13-11-6-10(14)4-5-12(11)17(2)16-13/h4-8H,3H2,1-2H3. The van der Waals surface area contributed by atoms with Crippen LogP contribution < -0.4 is 0 Å². The molecule has 0 bridgehead atoms. The molecule has 0 radical (unpaired) electrons. The van der Waals surface area contributed by atoms with Crippen LogP contribution in [0.2, 0.25) is 0 Å². The second-order valence-corrected chi connectivity index (χ2v) is 5.13. The zero-order valence-electron chi connectivity index (χ0n) is 10.3. The number of rotatable bonds is 2. The van der Waals surface area contributed by atoms with Crippen molar-refractivity contribution in [3.8, 4) is 11.3 Å². The van der Waals surface area contributed by atoms with E-state index in [4.69, 9.17) is 0 Å². The monoisotopic (exact) mass is 304 g/mol. The molecule has 2 heterocycles. The molecule has 92 valence electrons. The minimum atomic E-state index is 0.870. The zero-order valence-corrected chi connectivity index (χ0v) is 11.8. The molecule has 4 nitrogen and oxygen atoms in total. The Labute approximate surface area is 113 Å². The Kier molecular flexibility index (Phi) is 2.70. The van der Waals surface area contributed by atoms with Gasteiger partial charge < -0.3 is 0 Å². The third-order valence-electron chi connectivity index (χ3n) is 3.04. The quantitative estimate of drug-likeness (QED) is 0.729. The van der Waals surface area contributed by atoms with Crippen molar-refractivity contribution in [1.29, 1.82) is 0 Å². The van der Waals surface area contributed by atoms with E-state index in [2.05, 4.69) is 45.2 Å². The molecule has 5 heteroatoms. The van der Waals surface area contributed by atoms with Crippen molar-refractivity contribution in [3.05, 3.63) is 35.1 Å². The summed E-state index contributed by atoms with van der Waals surface area (Å²) in [5.41, 5.74) is 3.16. The van der Waals surface area contributed by atoms with Gasteiger partial charge in [-0.3, -0.25) is 9.36 Å². The van der Waals surface area contributed by atoms with Crippen LogP contribution in [0.25, 0.3) is 22.2 Å². The summed E-state index contributed by atoms with van der Waals surface area (Å²) >= 11 is 3.51. The lowest BCUT2D eigenvalue weighted by Gasteiger charge is -1.95. The summed E-state index contributed by atoms with van der Waals surface area (Å²) in [6.45, 7) is 2.94. The molecule has 0 aliphatic rings. The molecular weight excluding hydrogens is 292 g/mol. The molecule has 3 rings (SSSR count). The highest BCUT2D eigenvalue weighted by Crippen LogP contribution is 2.29. The van der Waals surface area contributed by atoms with E-state index in [-0.39, 0.29) is 0 Å². The third-order valence-corrected chi connectivity index (χ3v) is 3.54. The fourth-order valence-electron chi connectivity index (χ4n) is 2.11. The van der Waals surface area contributed by atoms with Crippen molar-refractivity contribution >= 4 is 26.8 Å². The van der Waals surface area contributed by atoms with Crippen LogP contribution in [0.3, 0.4) is 0 Å². The molecule has 0 N–H and O–H groups in total. The summed E-state index contributed by atoms with van der Waals surface area (Å²) in [5.74, 6) is 0. The minimum absolute atomic E-state index is 0.870. The molecule has 0 saturated heterocycles. The van der Waals surface area contributed by atoms with Gasteiger partial charge in [-0.05, 0) is 25.1 Å². The summed E-state index contributed by atoms with van der Waals surface area (Å²) in [5, 5.41) is 10.0. The highest BCUT2D eigenvalue weighted by Gasteiger charge is 2.12. The van der Waals surface area contributed by atoms with Gasteiger partial charge in [0, 0.05) is 35.2 Å². The first-order valence-electron chi connectivity index (χ1n) is 5.84. The van der Waals surface area contributed by atoms with Gasteiger partial charge in [-0.25, -0.2) is 0 Å². The Morgan fingerprint density at radius 2 is 2.17 bits per heavy atom. The maximum absolute atomic E-state index is 4.59. The molecule has 0 aliphatic heterocycles. The minimum Gasteiger partial charge on any atom is -0.272 e. The molecule has 0 aliphatic carbocycles. The topological polar surface area (TPSA) is 35.6 Å². The molecule has 0 amide bonds. The average Bonchev–Trinajstić information content (AvgIpc) is 2.94. The fourth-order valence-corrected chi connectivity index (χ4v) is 2.47. The number of hydrogen-bond donors (Lipinski definition) is 0. The molecule has 0 atom stereocenters. The van der Waals surface area contributed by atoms with Crippen LogP contribution in [0.4, 0.5) is 0 Å². The second-order valence-electron chi connectivity index (χ2n) is 4.22. The van der Waals surface area contributed by atoms with Crippen molar-refractivity contribution in [3.63, 3.8) is 0 Å². The van der Waals surface area contributed by atoms with Crippen molar-refractivity contribution in [2.45, 2.75) is 13.5 Å². The van der Waals surface area contributed by atoms with Crippen LogP contribution in [0, 0.1) is 0 Å². The van der Waals surface area contributed by atoms with Crippen molar-refractivity contribution in [2.75, 3.05) is 0 Å². The molecule has 18 heavy (non-hydrogen) atoms. The number of aromatic nitrogens is 4. The number of benzene rings is 1. The Balaban J connectivity index is 2.25. The third kappa shape index (κ3) is 1.75. The number of aryl methyl sites for hydroxylation is 2. The maximum atomic E-state index is 4.59. The summed E-state index contributed by atoms with van der Waals surface area (Å²) in [7, 11) is 1.96. The van der Waals surface area contributed by atoms with Gasteiger partial charge in [-0.15, -0.1) is 0 Å². The van der Waals surface area contributed by atoms with E-state index >= 15 is 0 Å². The highest BCUT2D eigenvalue weighted by atomic mass is 79.9. The molecule has 2 aromatic heterocycles. The van der Waals surface area contributed by atoms with Gasteiger partial charge in [0.25, 0.3) is 0 Å². The smallest absolute Gasteiger partial charge is 0.103 e. The van der Waals surface area contributed by atoms with E-state index in [0.29, 0.717) is 0 Å². The molecular formula is C13H13BrN4. The number of nitrogens with zero attached hydrogens (tertiary/aromatic N) is 4. The summed E-state index contributed by atoms with van der Waals surface area (Å²) in [6.07, 6.45) is 3.90. The first kappa shape index (κ1) is 11.5. The molecule has 0 fully saturated rings. The lowest BCUT2D eigenvalue weighted by molar-refractivity contribution is 0.660. The Bertz CT molecular complexity index is 711. The van der Waals surface area contributed by atoms with E-state index in [1.54, 1.807) is 0 Å². The van der Waals surface area contributed by atoms with Crippen LogP contribution >= 0.6 is 15.9 Å². The van der Waals surface area contributed by atoms with E-state index in [1.807, 2.05) is 34.9 Å². The average molecular weight is 305 g/mol. The molecule has 0 spiro atoms. The Morgan fingerprint density at radius 1 is 1.33 bits per heavy atom. The normalized spacial score (nSPS) is 11.3. The van der Waals surface area contributed by atoms with E-state index in [9.17, 15) is 0 Å². The largest absolute Gasteiger partial charge is 0.272 e. The number of halogens is 1. The first-order valence-corrected chi connectivity index (χ1v) is 6.63. The molecule has 0 unspecified atom stereocenters. The van der Waals surface area contributed by atoms with Crippen molar-refractivity contribution in [2.24, 2.45) is 7.05 Å². The molecule has 3 aromatic rings. The number of fused-ring (bicyclic) bond motifs is 1. The van der Waals surface area contributed by atoms with Crippen LogP contribution in [-0.4, -0.2) is 19.6 Å². The number of hydrogen-bond acceptors (Lipinski definition) is 2. The Morgan fingerprint density at radius 3 is 2.89 bits per heavy atom. The predicted molar refractivity (Wildman–Crippen MR) is 75.3 cm³/mol. The van der Waals surface area contributed by atoms with E-state index in [0.717, 1.165) is 33.2 Å². The van der Waals surface area contributed by atoms with Crippen LogP contribution in [0.15, 0.2) is 35.1 Å². The van der Waals surface area contributed by atoms with Gasteiger partial charge in [0.05, 0.1) is 11.7 Å². The van der Waals surface area contributed by atoms with E-state index < -0.39 is 0 Å². The summed E-state index contributed by atoms with van der Waals surface area (Å²) in [6, 6.07) is 6.20. The van der Waals surface area contributed by atoms with Gasteiger partial charge in [0.15, 0.2) is 0 Å². The van der Waals surface area contributed by atoms with Gasteiger partial charge in [-0.2, -0.15) is 10.2 Å². The van der Waals surface area contributed by atoms with Crippen molar-refractivity contribution < 1.29 is 0 Å². The first-order chi connectivity index (χ1) is 8.69. The Hall–Kier alpha value is -1.62. The van der Waals surface area contributed by atoms with Gasteiger partial charge >= 0.3 is 0 Å². The van der Waals surface area contributed by atoms with Crippen LogP contribution in [0.5, 0.6) is 0 Å². The van der Waals surface area contributed by atoms with Crippen LogP contribution in [-0.2, 0) is 13.6 Å². The zero-order chi connectivity index (χ0) is 12.7. The van der Waals surface area contributed by atoms with E-state index in [1.165, 1.54) is 0 Å². The summed E-state index contributed by atoms with van der Waals surface area (Å²) in [4.78, 5) is 0. The fraction of sp³-hybridized carbons (Fsp3) is 0.231. The summed E-state index contributed by atoms with van der Waals surface area (Å²) < 4.78 is 4.88. The predicted octanol–water partition coefficient (Wildman–Crippen LogP) is 3.22. The van der Waals surface area contributed by atoms with Gasteiger partial charge in [0.2, 0.25) is 0 Å². The SMILES string of the molecule is CCn1cc(-c2nn(C)c3ccc(Br)cc23)cn1. The van der Waals surface area contributed by atoms with Gasteiger partial charge in [-0.1, -0.05) is 15.9 Å². The van der Waals surface area contributed by atoms with Crippen LogP contribution in [0.1, 0.15) is 6.92 Å². The van der Waals surface area contributed by atoms with Gasteiger partial charge in [0.1, 0.15) is 5.69 Å². The maximum Gasteiger partial charge on any atom is 0.103 e. The molecule has 0 saturated carbocycles. The lowest BCUT2D eigenvalue weighted by atomic mass is 10.1. The lowest BCUT2D eigenvalue weighted by Crippen LogP contribution is -1.92. The highest BCUT2D eigenvalue weighted by molar-refractivity contribution is 9.10. The van der Waals surface area contributed by atoms with Crippen molar-refractivity contribution in [1.82, 2.24) is 19.6 Å². The molecule has 1 aromatic carbocycles.